The second-order valence-corrected chi connectivity index (χ2v) is 7.55. The van der Waals surface area contributed by atoms with Crippen LogP contribution in [0.1, 0.15) is 59.3 Å². The molecule has 8 nitrogen and oxygen atoms in total. The number of rotatable bonds is 6. The molecular formula is C20H28N6O2. The Morgan fingerprint density at radius 3 is 2.64 bits per heavy atom. The van der Waals surface area contributed by atoms with Gasteiger partial charge in [0.2, 0.25) is 0 Å². The van der Waals surface area contributed by atoms with E-state index in [0.717, 1.165) is 31.6 Å². The average Bonchev–Trinajstić information content (AvgIpc) is 3.08. The summed E-state index contributed by atoms with van der Waals surface area (Å²) in [5.74, 6) is -0.222. The summed E-state index contributed by atoms with van der Waals surface area (Å²) >= 11 is 0. The fourth-order valence-corrected chi connectivity index (χ4v) is 3.31. The van der Waals surface area contributed by atoms with Crippen LogP contribution in [0.5, 0.6) is 0 Å². The van der Waals surface area contributed by atoms with E-state index in [1.54, 1.807) is 24.3 Å². The van der Waals surface area contributed by atoms with E-state index in [1.165, 1.54) is 0 Å². The van der Waals surface area contributed by atoms with Gasteiger partial charge in [0.25, 0.3) is 11.8 Å². The molecule has 3 rings (SSSR count). The summed E-state index contributed by atoms with van der Waals surface area (Å²) < 4.78 is 1.84. The molecule has 1 aliphatic heterocycles. The molecule has 0 aliphatic carbocycles. The number of amides is 2. The Balaban J connectivity index is 1.75. The molecule has 1 fully saturated rings. The highest BCUT2D eigenvalue weighted by Gasteiger charge is 2.23. The number of nitrogens with zero attached hydrogens (tertiary/aromatic N) is 3. The number of para-hydroxylation sites is 1. The lowest BCUT2D eigenvalue weighted by molar-refractivity contribution is 0.0950. The molecule has 3 N–H and O–H groups in total. The Morgan fingerprint density at radius 2 is 1.93 bits per heavy atom. The van der Waals surface area contributed by atoms with Gasteiger partial charge >= 0.3 is 0 Å². The third-order valence-corrected chi connectivity index (χ3v) is 4.89. The van der Waals surface area contributed by atoms with Gasteiger partial charge in [0.1, 0.15) is 0 Å². The molecule has 0 radical (unpaired) electrons. The van der Waals surface area contributed by atoms with Crippen molar-refractivity contribution < 1.29 is 9.59 Å². The molecule has 2 aromatic rings. The van der Waals surface area contributed by atoms with Gasteiger partial charge in [-0.2, -0.15) is 0 Å². The van der Waals surface area contributed by atoms with Crippen molar-refractivity contribution in [1.82, 2.24) is 25.6 Å². The standard InChI is InChI=1S/C20H28N6O2/c1-13(2)12-22-19(27)16-6-4-5-7-17(16)23-20(28)18-14(3)26(25-24-18)15-8-10-21-11-9-15/h4-7,13,15,21H,8-12H2,1-3H3,(H,22,27)(H,23,28). The van der Waals surface area contributed by atoms with E-state index in [4.69, 9.17) is 0 Å². The minimum absolute atomic E-state index is 0.209. The number of piperidine rings is 1. The van der Waals surface area contributed by atoms with E-state index < -0.39 is 0 Å². The predicted molar refractivity (Wildman–Crippen MR) is 107 cm³/mol. The quantitative estimate of drug-likeness (QED) is 0.708. The number of carbonyl (C=O) groups is 2. The first-order valence-electron chi connectivity index (χ1n) is 9.78. The van der Waals surface area contributed by atoms with Gasteiger partial charge in [0.05, 0.1) is 23.0 Å². The van der Waals surface area contributed by atoms with Crippen LogP contribution in [0, 0.1) is 12.8 Å². The lowest BCUT2D eigenvalue weighted by Gasteiger charge is -2.23. The van der Waals surface area contributed by atoms with Gasteiger partial charge in [-0.25, -0.2) is 4.68 Å². The number of anilines is 1. The van der Waals surface area contributed by atoms with E-state index in [0.29, 0.717) is 23.7 Å². The van der Waals surface area contributed by atoms with Crippen LogP contribution in [-0.4, -0.2) is 46.4 Å². The molecule has 2 amide bonds. The van der Waals surface area contributed by atoms with E-state index in [-0.39, 0.29) is 23.6 Å². The highest BCUT2D eigenvalue weighted by Crippen LogP contribution is 2.21. The number of hydrogen-bond acceptors (Lipinski definition) is 5. The normalized spacial score (nSPS) is 14.9. The predicted octanol–water partition coefficient (Wildman–Crippen LogP) is 2.15. The van der Waals surface area contributed by atoms with Crippen molar-refractivity contribution in [2.75, 3.05) is 25.0 Å². The average molecular weight is 384 g/mol. The maximum absolute atomic E-state index is 12.8. The Morgan fingerprint density at radius 1 is 1.21 bits per heavy atom. The van der Waals surface area contributed by atoms with Crippen LogP contribution >= 0.6 is 0 Å². The number of aromatic nitrogens is 3. The van der Waals surface area contributed by atoms with Crippen LogP contribution in [0.3, 0.4) is 0 Å². The van der Waals surface area contributed by atoms with Gasteiger partial charge in [-0.05, 0) is 50.9 Å². The summed E-state index contributed by atoms with van der Waals surface area (Å²) in [6, 6.07) is 7.23. The summed E-state index contributed by atoms with van der Waals surface area (Å²) in [4.78, 5) is 25.3. The van der Waals surface area contributed by atoms with E-state index in [1.807, 2.05) is 25.5 Å². The summed E-state index contributed by atoms with van der Waals surface area (Å²) in [7, 11) is 0. The van der Waals surface area contributed by atoms with Gasteiger partial charge in [0, 0.05) is 6.54 Å². The first kappa shape index (κ1) is 20.0. The first-order chi connectivity index (χ1) is 13.5. The number of nitrogens with one attached hydrogen (secondary N) is 3. The Labute approximate surface area is 165 Å². The Bertz CT molecular complexity index is 839. The largest absolute Gasteiger partial charge is 0.352 e. The van der Waals surface area contributed by atoms with Crippen LogP contribution in [0.15, 0.2) is 24.3 Å². The summed E-state index contributed by atoms with van der Waals surface area (Å²) in [5, 5.41) is 17.3. The third-order valence-electron chi connectivity index (χ3n) is 4.89. The molecular weight excluding hydrogens is 356 g/mol. The van der Waals surface area contributed by atoms with Crippen LogP contribution in [0.2, 0.25) is 0 Å². The van der Waals surface area contributed by atoms with Crippen molar-refractivity contribution in [2.24, 2.45) is 5.92 Å². The summed E-state index contributed by atoms with van der Waals surface area (Å²) in [5.41, 5.74) is 1.92. The van der Waals surface area contributed by atoms with Crippen molar-refractivity contribution in [1.29, 1.82) is 0 Å². The molecule has 1 saturated heterocycles. The second kappa shape index (κ2) is 8.97. The van der Waals surface area contributed by atoms with Gasteiger partial charge < -0.3 is 16.0 Å². The Kier molecular flexibility index (Phi) is 6.41. The fraction of sp³-hybridized carbons (Fsp3) is 0.500. The fourth-order valence-electron chi connectivity index (χ4n) is 3.31. The molecule has 1 aliphatic rings. The molecule has 0 atom stereocenters. The van der Waals surface area contributed by atoms with Gasteiger partial charge in [0.15, 0.2) is 5.69 Å². The maximum atomic E-state index is 12.8. The smallest absolute Gasteiger partial charge is 0.278 e. The summed E-state index contributed by atoms with van der Waals surface area (Å²) in [6.07, 6.45) is 1.92. The minimum atomic E-state index is -0.359. The van der Waals surface area contributed by atoms with Crippen molar-refractivity contribution in [3.63, 3.8) is 0 Å². The SMILES string of the molecule is Cc1c(C(=O)Nc2ccccc2C(=O)NCC(C)C)nnn1C1CCNCC1. The van der Waals surface area contributed by atoms with Gasteiger partial charge in [-0.3, -0.25) is 9.59 Å². The molecule has 150 valence electrons. The van der Waals surface area contributed by atoms with Crippen LogP contribution in [0.25, 0.3) is 0 Å². The molecule has 0 saturated carbocycles. The molecule has 1 aromatic carbocycles. The molecule has 2 heterocycles. The molecule has 28 heavy (non-hydrogen) atoms. The van der Waals surface area contributed by atoms with E-state index >= 15 is 0 Å². The highest BCUT2D eigenvalue weighted by atomic mass is 16.2. The maximum Gasteiger partial charge on any atom is 0.278 e. The van der Waals surface area contributed by atoms with Gasteiger partial charge in [-0.15, -0.1) is 5.10 Å². The van der Waals surface area contributed by atoms with Crippen molar-refractivity contribution in [2.45, 2.75) is 39.7 Å². The lowest BCUT2D eigenvalue weighted by Crippen LogP contribution is -2.30. The van der Waals surface area contributed by atoms with Crippen LogP contribution < -0.4 is 16.0 Å². The van der Waals surface area contributed by atoms with Gasteiger partial charge in [-0.1, -0.05) is 31.2 Å². The van der Waals surface area contributed by atoms with Crippen molar-refractivity contribution >= 4 is 17.5 Å². The first-order valence-corrected chi connectivity index (χ1v) is 9.78. The molecule has 8 heteroatoms. The number of hydrogen-bond donors (Lipinski definition) is 3. The van der Waals surface area contributed by atoms with Crippen molar-refractivity contribution in [3.05, 3.63) is 41.2 Å². The zero-order chi connectivity index (χ0) is 20.1. The Hall–Kier alpha value is -2.74. The zero-order valence-corrected chi connectivity index (χ0v) is 16.7. The topological polar surface area (TPSA) is 101 Å². The van der Waals surface area contributed by atoms with Crippen LogP contribution in [-0.2, 0) is 0 Å². The minimum Gasteiger partial charge on any atom is -0.352 e. The monoisotopic (exact) mass is 384 g/mol. The molecule has 0 spiro atoms. The van der Waals surface area contributed by atoms with E-state index in [2.05, 4.69) is 26.3 Å². The third kappa shape index (κ3) is 4.56. The molecule has 0 unspecified atom stereocenters. The second-order valence-electron chi connectivity index (χ2n) is 7.55. The summed E-state index contributed by atoms with van der Waals surface area (Å²) in [6.45, 7) is 8.36. The van der Waals surface area contributed by atoms with E-state index in [9.17, 15) is 9.59 Å². The number of carbonyl (C=O) groups excluding carboxylic acids is 2. The molecule has 0 bridgehead atoms. The lowest BCUT2D eigenvalue weighted by atomic mass is 10.1. The molecule has 1 aromatic heterocycles. The van der Waals surface area contributed by atoms with Crippen LogP contribution in [0.4, 0.5) is 5.69 Å². The van der Waals surface area contributed by atoms with Crippen molar-refractivity contribution in [3.8, 4) is 0 Å². The number of benzene rings is 1. The highest BCUT2D eigenvalue weighted by molar-refractivity contribution is 6.08. The zero-order valence-electron chi connectivity index (χ0n) is 16.7.